The number of carboxylic acid groups (broad SMARTS) is 1. The van der Waals surface area contributed by atoms with E-state index in [1.807, 2.05) is 0 Å². The van der Waals surface area contributed by atoms with E-state index >= 15 is 0 Å². The Bertz CT molecular complexity index is 572. The lowest BCUT2D eigenvalue weighted by Crippen LogP contribution is -2.28. The first-order valence-corrected chi connectivity index (χ1v) is 7.81. The van der Waals surface area contributed by atoms with Gasteiger partial charge in [0.2, 0.25) is 10.0 Å². The standard InChI is InChI=1S/C11H15BrN2O4S/c1-14(2)19(17,18)6-5-13-10-4-3-8(12)7-9(10)11(15)16/h3-4,7,13H,5-6H2,1-2H3,(H,15,16). The number of carboxylic acids is 1. The number of sulfonamides is 1. The second kappa shape index (κ2) is 6.36. The highest BCUT2D eigenvalue weighted by molar-refractivity contribution is 9.10. The predicted octanol–water partition coefficient (Wildman–Crippen LogP) is 1.45. The van der Waals surface area contributed by atoms with E-state index < -0.39 is 16.0 Å². The highest BCUT2D eigenvalue weighted by Crippen LogP contribution is 2.21. The Morgan fingerprint density at radius 3 is 2.58 bits per heavy atom. The molecule has 0 aliphatic carbocycles. The zero-order chi connectivity index (χ0) is 14.6. The second-order valence-electron chi connectivity index (χ2n) is 4.02. The van der Waals surface area contributed by atoms with Crippen LogP contribution < -0.4 is 5.32 Å². The van der Waals surface area contributed by atoms with Crippen LogP contribution in [0.3, 0.4) is 0 Å². The summed E-state index contributed by atoms with van der Waals surface area (Å²) < 4.78 is 24.9. The molecule has 0 radical (unpaired) electrons. The average Bonchev–Trinajstić information content (AvgIpc) is 2.30. The normalized spacial score (nSPS) is 11.6. The molecule has 1 aromatic rings. The molecule has 1 aromatic carbocycles. The first kappa shape index (κ1) is 15.9. The molecule has 0 aliphatic rings. The van der Waals surface area contributed by atoms with Crippen molar-refractivity contribution >= 4 is 37.6 Å². The van der Waals surface area contributed by atoms with Crippen molar-refractivity contribution in [2.24, 2.45) is 0 Å². The first-order chi connectivity index (χ1) is 8.74. The minimum Gasteiger partial charge on any atom is -0.478 e. The van der Waals surface area contributed by atoms with Gasteiger partial charge in [0.15, 0.2) is 0 Å². The van der Waals surface area contributed by atoms with Gasteiger partial charge in [-0.1, -0.05) is 15.9 Å². The smallest absolute Gasteiger partial charge is 0.337 e. The highest BCUT2D eigenvalue weighted by Gasteiger charge is 2.14. The molecule has 6 nitrogen and oxygen atoms in total. The summed E-state index contributed by atoms with van der Waals surface area (Å²) in [6.45, 7) is 0.141. The second-order valence-corrected chi connectivity index (χ2v) is 7.24. The molecule has 0 aromatic heterocycles. The number of aromatic carboxylic acids is 1. The summed E-state index contributed by atoms with van der Waals surface area (Å²) >= 11 is 3.19. The third-order valence-corrected chi connectivity index (χ3v) is 4.77. The van der Waals surface area contributed by atoms with Crippen LogP contribution in [-0.4, -0.2) is 50.2 Å². The van der Waals surface area contributed by atoms with E-state index in [2.05, 4.69) is 21.2 Å². The van der Waals surface area contributed by atoms with Gasteiger partial charge in [-0.15, -0.1) is 0 Å². The van der Waals surface area contributed by atoms with Gasteiger partial charge in [0, 0.05) is 30.8 Å². The Balaban J connectivity index is 2.77. The quantitative estimate of drug-likeness (QED) is 0.810. The fourth-order valence-corrected chi connectivity index (χ4v) is 2.43. The molecule has 0 bridgehead atoms. The monoisotopic (exact) mass is 350 g/mol. The Labute approximate surface area is 120 Å². The van der Waals surface area contributed by atoms with Crippen LogP contribution in [0.4, 0.5) is 5.69 Å². The van der Waals surface area contributed by atoms with Gasteiger partial charge in [0.25, 0.3) is 0 Å². The van der Waals surface area contributed by atoms with Gasteiger partial charge in [0.05, 0.1) is 11.3 Å². The number of anilines is 1. The van der Waals surface area contributed by atoms with Gasteiger partial charge < -0.3 is 10.4 Å². The zero-order valence-corrected chi connectivity index (χ0v) is 13.0. The van der Waals surface area contributed by atoms with Crippen molar-refractivity contribution < 1.29 is 18.3 Å². The lowest BCUT2D eigenvalue weighted by Gasteiger charge is -2.13. The number of nitrogens with zero attached hydrogens (tertiary/aromatic N) is 1. The molecule has 0 heterocycles. The lowest BCUT2D eigenvalue weighted by molar-refractivity contribution is 0.0698. The van der Waals surface area contributed by atoms with Gasteiger partial charge in [-0.05, 0) is 18.2 Å². The number of carbonyl (C=O) groups is 1. The van der Waals surface area contributed by atoms with Gasteiger partial charge in [-0.25, -0.2) is 17.5 Å². The van der Waals surface area contributed by atoms with Crippen molar-refractivity contribution in [1.29, 1.82) is 0 Å². The number of benzene rings is 1. The first-order valence-electron chi connectivity index (χ1n) is 5.41. The predicted molar refractivity (Wildman–Crippen MR) is 77.1 cm³/mol. The molecule has 0 saturated heterocycles. The maximum atomic E-state index is 11.6. The minimum absolute atomic E-state index is 0.0941. The fourth-order valence-electron chi connectivity index (χ4n) is 1.34. The van der Waals surface area contributed by atoms with Gasteiger partial charge in [-0.2, -0.15) is 0 Å². The van der Waals surface area contributed by atoms with Crippen molar-refractivity contribution in [2.75, 3.05) is 31.7 Å². The highest BCUT2D eigenvalue weighted by atomic mass is 79.9. The van der Waals surface area contributed by atoms with Crippen molar-refractivity contribution in [2.45, 2.75) is 0 Å². The van der Waals surface area contributed by atoms with E-state index in [-0.39, 0.29) is 17.9 Å². The SMILES string of the molecule is CN(C)S(=O)(=O)CCNc1ccc(Br)cc1C(=O)O. The molecule has 8 heteroatoms. The molecule has 0 amide bonds. The van der Waals surface area contributed by atoms with E-state index in [1.165, 1.54) is 20.2 Å². The Morgan fingerprint density at radius 1 is 1.42 bits per heavy atom. The molecule has 19 heavy (non-hydrogen) atoms. The molecule has 0 spiro atoms. The van der Waals surface area contributed by atoms with Crippen LogP contribution in [0.25, 0.3) is 0 Å². The largest absolute Gasteiger partial charge is 0.478 e. The van der Waals surface area contributed by atoms with Crippen molar-refractivity contribution in [3.8, 4) is 0 Å². The molecule has 0 atom stereocenters. The van der Waals surface area contributed by atoms with Gasteiger partial charge in [-0.3, -0.25) is 0 Å². The number of nitrogens with one attached hydrogen (secondary N) is 1. The summed E-state index contributed by atoms with van der Waals surface area (Å²) in [5, 5.41) is 11.9. The molecule has 0 saturated carbocycles. The lowest BCUT2D eigenvalue weighted by atomic mass is 10.2. The maximum absolute atomic E-state index is 11.6. The Morgan fingerprint density at radius 2 is 2.05 bits per heavy atom. The molecule has 0 unspecified atom stereocenters. The number of halogens is 1. The van der Waals surface area contributed by atoms with Crippen LogP contribution in [0.1, 0.15) is 10.4 Å². The maximum Gasteiger partial charge on any atom is 0.337 e. The van der Waals surface area contributed by atoms with E-state index in [4.69, 9.17) is 5.11 Å². The molecular formula is C11H15BrN2O4S. The molecule has 1 rings (SSSR count). The van der Waals surface area contributed by atoms with E-state index in [0.717, 1.165) is 4.31 Å². The zero-order valence-electron chi connectivity index (χ0n) is 10.6. The molecule has 106 valence electrons. The van der Waals surface area contributed by atoms with E-state index in [1.54, 1.807) is 12.1 Å². The van der Waals surface area contributed by atoms with Crippen LogP contribution in [0.15, 0.2) is 22.7 Å². The van der Waals surface area contributed by atoms with Gasteiger partial charge >= 0.3 is 5.97 Å². The Hall–Kier alpha value is -1.12. The summed E-state index contributed by atoms with van der Waals surface area (Å²) in [5.74, 6) is -1.17. The van der Waals surface area contributed by atoms with Crippen molar-refractivity contribution in [3.05, 3.63) is 28.2 Å². The summed E-state index contributed by atoms with van der Waals surface area (Å²) in [6, 6.07) is 4.75. The summed E-state index contributed by atoms with van der Waals surface area (Å²) in [6.07, 6.45) is 0. The number of hydrogen-bond acceptors (Lipinski definition) is 4. The van der Waals surface area contributed by atoms with Crippen LogP contribution in [0, 0.1) is 0 Å². The third-order valence-electron chi connectivity index (χ3n) is 2.44. The number of rotatable bonds is 6. The fraction of sp³-hybridized carbons (Fsp3) is 0.364. The number of hydrogen-bond donors (Lipinski definition) is 2. The Kier molecular flexibility index (Phi) is 5.33. The van der Waals surface area contributed by atoms with Gasteiger partial charge in [0.1, 0.15) is 0 Å². The van der Waals surface area contributed by atoms with Crippen LogP contribution >= 0.6 is 15.9 Å². The summed E-state index contributed by atoms with van der Waals surface area (Å²) in [7, 11) is -0.383. The summed E-state index contributed by atoms with van der Waals surface area (Å²) in [5.41, 5.74) is 0.487. The summed E-state index contributed by atoms with van der Waals surface area (Å²) in [4.78, 5) is 11.1. The molecule has 2 N–H and O–H groups in total. The molecule has 0 aliphatic heterocycles. The molecule has 0 fully saturated rings. The third kappa shape index (κ3) is 4.48. The topological polar surface area (TPSA) is 86.7 Å². The molecular weight excluding hydrogens is 336 g/mol. The van der Waals surface area contributed by atoms with Crippen LogP contribution in [0.5, 0.6) is 0 Å². The average molecular weight is 351 g/mol. The van der Waals surface area contributed by atoms with Crippen molar-refractivity contribution in [3.63, 3.8) is 0 Å². The van der Waals surface area contributed by atoms with Crippen molar-refractivity contribution in [1.82, 2.24) is 4.31 Å². The van der Waals surface area contributed by atoms with Crippen LogP contribution in [0.2, 0.25) is 0 Å². The van der Waals surface area contributed by atoms with E-state index in [0.29, 0.717) is 10.2 Å². The van der Waals surface area contributed by atoms with E-state index in [9.17, 15) is 13.2 Å². The minimum atomic E-state index is -3.30. The van der Waals surface area contributed by atoms with Crippen LogP contribution in [-0.2, 0) is 10.0 Å².